The first-order valence-corrected chi connectivity index (χ1v) is 8.48. The number of halogens is 1. The average Bonchev–Trinajstić information content (AvgIpc) is 2.61. The minimum absolute atomic E-state index is 0. The third-order valence-corrected chi connectivity index (χ3v) is 4.53. The summed E-state index contributed by atoms with van der Waals surface area (Å²) >= 11 is 1.64. The zero-order valence-corrected chi connectivity index (χ0v) is 15.4. The molecule has 132 valence electrons. The number of methoxy groups -OCH3 is 2. The van der Waals surface area contributed by atoms with E-state index in [0.29, 0.717) is 12.3 Å². The number of nitrogens with one attached hydrogen (secondary N) is 1. The van der Waals surface area contributed by atoms with Crippen molar-refractivity contribution in [3.63, 3.8) is 0 Å². The molecule has 1 unspecified atom stereocenters. The Bertz CT molecular complexity index is 578. The van der Waals surface area contributed by atoms with Gasteiger partial charge in [-0.25, -0.2) is 0 Å². The van der Waals surface area contributed by atoms with E-state index in [0.717, 1.165) is 22.9 Å². The van der Waals surface area contributed by atoms with E-state index >= 15 is 0 Å². The topological polar surface area (TPSA) is 50.7 Å². The van der Waals surface area contributed by atoms with Crippen LogP contribution in [0.3, 0.4) is 0 Å². The molecule has 2 N–H and O–H groups in total. The summed E-state index contributed by atoms with van der Waals surface area (Å²) in [6, 6.07) is 15.8. The van der Waals surface area contributed by atoms with E-state index in [1.165, 1.54) is 5.56 Å². The van der Waals surface area contributed by atoms with Gasteiger partial charge in [-0.1, -0.05) is 12.1 Å². The molecule has 24 heavy (non-hydrogen) atoms. The van der Waals surface area contributed by atoms with Gasteiger partial charge in [0.25, 0.3) is 0 Å². The smallest absolute Gasteiger partial charge is 0.118 e. The Labute approximate surface area is 154 Å². The summed E-state index contributed by atoms with van der Waals surface area (Å²) < 4.78 is 10.3. The van der Waals surface area contributed by atoms with Crippen LogP contribution in [0.2, 0.25) is 0 Å². The summed E-state index contributed by atoms with van der Waals surface area (Å²) in [5, 5.41) is 13.3. The van der Waals surface area contributed by atoms with Crippen molar-refractivity contribution in [2.75, 3.05) is 26.5 Å². The molecule has 2 aromatic rings. The molecule has 0 heterocycles. The zero-order valence-electron chi connectivity index (χ0n) is 13.9. The molecule has 0 aromatic heterocycles. The second-order valence-corrected chi connectivity index (χ2v) is 6.21. The maximum atomic E-state index is 10.0. The highest BCUT2D eigenvalue weighted by Gasteiger charge is 2.05. The van der Waals surface area contributed by atoms with Gasteiger partial charge in [0.2, 0.25) is 0 Å². The highest BCUT2D eigenvalue weighted by Crippen LogP contribution is 2.21. The predicted octanol–water partition coefficient (Wildman–Crippen LogP) is -0.0494. The Balaban J connectivity index is 0.00000288. The van der Waals surface area contributed by atoms with Crippen LogP contribution in [-0.4, -0.2) is 37.7 Å². The van der Waals surface area contributed by atoms with Gasteiger partial charge in [-0.3, -0.25) is 0 Å². The van der Waals surface area contributed by atoms with Crippen molar-refractivity contribution in [2.24, 2.45) is 0 Å². The Morgan fingerprint density at radius 3 is 2.04 bits per heavy atom. The zero-order chi connectivity index (χ0) is 16.5. The Morgan fingerprint density at radius 2 is 1.50 bits per heavy atom. The molecule has 0 aliphatic carbocycles. The summed E-state index contributed by atoms with van der Waals surface area (Å²) in [5.41, 5.74) is 1.17. The van der Waals surface area contributed by atoms with Crippen LogP contribution in [0.4, 0.5) is 0 Å². The van der Waals surface area contributed by atoms with Crippen LogP contribution in [0.15, 0.2) is 53.4 Å². The molecule has 0 amide bonds. The standard InChI is InChI=1S/C18H23NO3S.ClH/c1-21-16-5-3-14(4-6-16)11-19-12-15(20)13-23-18-9-7-17(22-2)8-10-18;/h3-10,15,19-20H,11-13H2,1-2H3;1H/p-1. The summed E-state index contributed by atoms with van der Waals surface area (Å²) in [5.74, 6) is 2.35. The predicted molar refractivity (Wildman–Crippen MR) is 94.4 cm³/mol. The van der Waals surface area contributed by atoms with Gasteiger partial charge in [-0.2, -0.15) is 0 Å². The molecule has 2 aromatic carbocycles. The van der Waals surface area contributed by atoms with Crippen molar-refractivity contribution in [1.82, 2.24) is 5.32 Å². The number of thioether (sulfide) groups is 1. The van der Waals surface area contributed by atoms with Gasteiger partial charge < -0.3 is 32.3 Å². The molecular weight excluding hydrogens is 346 g/mol. The third-order valence-electron chi connectivity index (χ3n) is 3.37. The van der Waals surface area contributed by atoms with Crippen molar-refractivity contribution < 1.29 is 27.0 Å². The summed E-state index contributed by atoms with van der Waals surface area (Å²) in [7, 11) is 3.31. The summed E-state index contributed by atoms with van der Waals surface area (Å²) in [6.45, 7) is 1.30. The fraction of sp³-hybridized carbons (Fsp3) is 0.333. The minimum atomic E-state index is -0.389. The Hall–Kier alpha value is -1.40. The van der Waals surface area contributed by atoms with Gasteiger partial charge in [0.15, 0.2) is 0 Å². The van der Waals surface area contributed by atoms with Gasteiger partial charge in [0, 0.05) is 23.7 Å². The van der Waals surface area contributed by atoms with Crippen LogP contribution < -0.4 is 27.2 Å². The maximum Gasteiger partial charge on any atom is 0.118 e. The van der Waals surface area contributed by atoms with Crippen molar-refractivity contribution in [3.8, 4) is 11.5 Å². The van der Waals surface area contributed by atoms with Crippen LogP contribution in [0.25, 0.3) is 0 Å². The molecule has 0 spiro atoms. The molecule has 0 radical (unpaired) electrons. The first-order chi connectivity index (χ1) is 11.2. The molecule has 0 fully saturated rings. The Morgan fingerprint density at radius 1 is 0.958 bits per heavy atom. The lowest BCUT2D eigenvalue weighted by Crippen LogP contribution is -3.00. The van der Waals surface area contributed by atoms with E-state index in [1.807, 2.05) is 48.5 Å². The number of hydrogen-bond donors (Lipinski definition) is 2. The van der Waals surface area contributed by atoms with Crippen molar-refractivity contribution in [3.05, 3.63) is 54.1 Å². The molecule has 1 atom stereocenters. The number of aliphatic hydroxyl groups is 1. The molecule has 0 bridgehead atoms. The summed E-state index contributed by atoms with van der Waals surface area (Å²) in [6.07, 6.45) is -0.389. The molecule has 0 saturated heterocycles. The van der Waals surface area contributed by atoms with Crippen LogP contribution >= 0.6 is 11.8 Å². The normalized spacial score (nSPS) is 11.5. The molecule has 0 saturated carbocycles. The monoisotopic (exact) mass is 368 g/mol. The maximum absolute atomic E-state index is 10.0. The Kier molecular flexibility index (Phi) is 9.64. The minimum Gasteiger partial charge on any atom is -1.00 e. The molecule has 2 rings (SSSR count). The lowest BCUT2D eigenvalue weighted by atomic mass is 10.2. The average molecular weight is 369 g/mol. The third kappa shape index (κ3) is 7.01. The van der Waals surface area contributed by atoms with Crippen LogP contribution in [0.1, 0.15) is 5.56 Å². The molecule has 0 aliphatic rings. The van der Waals surface area contributed by atoms with Crippen LogP contribution in [0, 0.1) is 0 Å². The van der Waals surface area contributed by atoms with E-state index in [2.05, 4.69) is 5.32 Å². The van der Waals surface area contributed by atoms with Gasteiger partial charge in [-0.15, -0.1) is 11.8 Å². The van der Waals surface area contributed by atoms with Crippen LogP contribution in [0.5, 0.6) is 11.5 Å². The number of rotatable bonds is 9. The fourth-order valence-electron chi connectivity index (χ4n) is 2.05. The molecular formula is C18H23ClNO3S-. The van der Waals surface area contributed by atoms with Crippen LogP contribution in [-0.2, 0) is 6.54 Å². The number of hydrogen-bond acceptors (Lipinski definition) is 5. The van der Waals surface area contributed by atoms with Gasteiger partial charge in [0.1, 0.15) is 11.5 Å². The highest BCUT2D eigenvalue weighted by atomic mass is 35.5. The number of ether oxygens (including phenoxy) is 2. The first kappa shape index (κ1) is 20.6. The highest BCUT2D eigenvalue weighted by molar-refractivity contribution is 7.99. The van der Waals surface area contributed by atoms with Gasteiger partial charge in [-0.05, 0) is 42.0 Å². The van der Waals surface area contributed by atoms with Gasteiger partial charge in [0.05, 0.1) is 20.3 Å². The van der Waals surface area contributed by atoms with Crippen molar-refractivity contribution >= 4 is 11.8 Å². The van der Waals surface area contributed by atoms with E-state index in [4.69, 9.17) is 9.47 Å². The van der Waals surface area contributed by atoms with Gasteiger partial charge >= 0.3 is 0 Å². The molecule has 4 nitrogen and oxygen atoms in total. The summed E-state index contributed by atoms with van der Waals surface area (Å²) in [4.78, 5) is 1.13. The van der Waals surface area contributed by atoms with E-state index in [9.17, 15) is 5.11 Å². The largest absolute Gasteiger partial charge is 1.00 e. The lowest BCUT2D eigenvalue weighted by Gasteiger charge is -2.12. The molecule has 0 aliphatic heterocycles. The van der Waals surface area contributed by atoms with Crippen molar-refractivity contribution in [1.29, 1.82) is 0 Å². The quantitative estimate of drug-likeness (QED) is 0.608. The second kappa shape index (κ2) is 11.2. The second-order valence-electron chi connectivity index (χ2n) is 5.12. The lowest BCUT2D eigenvalue weighted by molar-refractivity contribution is -0.00000728. The number of benzene rings is 2. The SMILES string of the molecule is COc1ccc(CNCC(O)CSc2ccc(OC)cc2)cc1.[Cl-]. The molecule has 6 heteroatoms. The van der Waals surface area contributed by atoms with Crippen molar-refractivity contribution in [2.45, 2.75) is 17.5 Å². The fourth-order valence-corrected chi connectivity index (χ4v) is 2.88. The first-order valence-electron chi connectivity index (χ1n) is 7.50. The van der Waals surface area contributed by atoms with E-state index < -0.39 is 0 Å². The number of aliphatic hydroxyl groups excluding tert-OH is 1. The van der Waals surface area contributed by atoms with E-state index in [1.54, 1.807) is 26.0 Å². The van der Waals surface area contributed by atoms with E-state index in [-0.39, 0.29) is 18.5 Å².